The molecular formula is C21H31ClN2O5S. The molecule has 1 fully saturated rings. The van der Waals surface area contributed by atoms with E-state index in [-0.39, 0.29) is 17.7 Å². The molecule has 0 unspecified atom stereocenters. The van der Waals surface area contributed by atoms with Gasteiger partial charge in [0.25, 0.3) is 0 Å². The Morgan fingerprint density at radius 3 is 2.57 bits per heavy atom. The molecule has 2 rings (SSSR count). The van der Waals surface area contributed by atoms with Crippen LogP contribution >= 0.6 is 11.6 Å². The summed E-state index contributed by atoms with van der Waals surface area (Å²) < 4.78 is 37.5. The predicted octanol–water partition coefficient (Wildman–Crippen LogP) is 3.47. The van der Waals surface area contributed by atoms with Crippen molar-refractivity contribution in [3.8, 4) is 11.5 Å². The van der Waals surface area contributed by atoms with Crippen molar-refractivity contribution < 1.29 is 22.7 Å². The maximum atomic E-state index is 12.5. The fourth-order valence-electron chi connectivity index (χ4n) is 3.25. The first-order valence-corrected chi connectivity index (χ1v) is 12.3. The van der Waals surface area contributed by atoms with E-state index in [1.165, 1.54) is 6.08 Å². The fraction of sp³-hybridized carbons (Fsp3) is 0.571. The minimum Gasteiger partial charge on any atom is -0.493 e. The third kappa shape index (κ3) is 7.18. The average molecular weight is 459 g/mol. The fourth-order valence-corrected chi connectivity index (χ4v) is 4.92. The number of rotatable bonds is 10. The molecule has 0 radical (unpaired) electrons. The van der Waals surface area contributed by atoms with Crippen LogP contribution in [0.3, 0.4) is 0 Å². The molecular weight excluding hydrogens is 428 g/mol. The number of halogens is 1. The molecule has 1 aliphatic heterocycles. The SMILES string of the molecule is CCCOc1c(Cl)cc(/C=C/C(=O)N2CCC(NS(=O)(=O)CCC)CC2)cc1OC. The van der Waals surface area contributed by atoms with Crippen LogP contribution in [0.2, 0.25) is 5.02 Å². The van der Waals surface area contributed by atoms with E-state index in [4.69, 9.17) is 21.1 Å². The first-order chi connectivity index (χ1) is 14.3. The zero-order valence-electron chi connectivity index (χ0n) is 17.8. The summed E-state index contributed by atoms with van der Waals surface area (Å²) in [6.45, 7) is 5.40. The highest BCUT2D eigenvalue weighted by atomic mass is 35.5. The molecule has 1 amide bonds. The van der Waals surface area contributed by atoms with Gasteiger partial charge in [-0.05, 0) is 49.5 Å². The maximum absolute atomic E-state index is 12.5. The second kappa shape index (κ2) is 11.6. The lowest BCUT2D eigenvalue weighted by Crippen LogP contribution is -2.46. The van der Waals surface area contributed by atoms with Crippen LogP contribution in [-0.2, 0) is 14.8 Å². The van der Waals surface area contributed by atoms with E-state index in [1.807, 2.05) is 13.8 Å². The van der Waals surface area contributed by atoms with Gasteiger partial charge in [-0.3, -0.25) is 4.79 Å². The summed E-state index contributed by atoms with van der Waals surface area (Å²) in [6, 6.07) is 3.39. The Balaban J connectivity index is 1.96. The number of hydrogen-bond donors (Lipinski definition) is 1. The molecule has 1 aliphatic rings. The van der Waals surface area contributed by atoms with E-state index in [0.29, 0.717) is 55.5 Å². The Morgan fingerprint density at radius 2 is 1.97 bits per heavy atom. The van der Waals surface area contributed by atoms with Crippen LogP contribution in [0, 0.1) is 0 Å². The highest BCUT2D eigenvalue weighted by Gasteiger charge is 2.24. The molecule has 168 valence electrons. The summed E-state index contributed by atoms with van der Waals surface area (Å²) in [4.78, 5) is 14.2. The number of hydrogen-bond acceptors (Lipinski definition) is 5. The van der Waals surface area contributed by atoms with Gasteiger partial charge in [0.1, 0.15) is 0 Å². The Hall–Kier alpha value is -1.77. The molecule has 7 nitrogen and oxygen atoms in total. The highest BCUT2D eigenvalue weighted by molar-refractivity contribution is 7.89. The van der Waals surface area contributed by atoms with Crippen LogP contribution in [-0.4, -0.2) is 57.8 Å². The summed E-state index contributed by atoms with van der Waals surface area (Å²) in [6.07, 6.45) is 5.83. The zero-order chi connectivity index (χ0) is 22.1. The van der Waals surface area contributed by atoms with Crippen molar-refractivity contribution in [2.24, 2.45) is 0 Å². The van der Waals surface area contributed by atoms with Gasteiger partial charge in [0.2, 0.25) is 15.9 Å². The van der Waals surface area contributed by atoms with Crippen molar-refractivity contribution in [3.05, 3.63) is 28.8 Å². The van der Waals surface area contributed by atoms with Gasteiger partial charge in [-0.2, -0.15) is 0 Å². The molecule has 0 spiro atoms. The van der Waals surface area contributed by atoms with Gasteiger partial charge in [0.15, 0.2) is 11.5 Å². The number of sulfonamides is 1. The molecule has 0 aliphatic carbocycles. The minimum atomic E-state index is -3.24. The second-order valence-corrected chi connectivity index (χ2v) is 9.53. The van der Waals surface area contributed by atoms with Gasteiger partial charge >= 0.3 is 0 Å². The summed E-state index contributed by atoms with van der Waals surface area (Å²) in [5.41, 5.74) is 0.733. The topological polar surface area (TPSA) is 84.9 Å². The van der Waals surface area contributed by atoms with Gasteiger partial charge in [-0.25, -0.2) is 13.1 Å². The molecule has 30 heavy (non-hydrogen) atoms. The van der Waals surface area contributed by atoms with Gasteiger partial charge in [-0.1, -0.05) is 25.4 Å². The summed E-state index contributed by atoms with van der Waals surface area (Å²) in [5, 5.41) is 0.426. The lowest BCUT2D eigenvalue weighted by molar-refractivity contribution is -0.126. The van der Waals surface area contributed by atoms with Crippen molar-refractivity contribution in [2.75, 3.05) is 32.6 Å². The number of carbonyl (C=O) groups is 1. The normalized spacial score (nSPS) is 15.5. The smallest absolute Gasteiger partial charge is 0.246 e. The predicted molar refractivity (Wildman–Crippen MR) is 120 cm³/mol. The van der Waals surface area contributed by atoms with Crippen molar-refractivity contribution in [1.82, 2.24) is 9.62 Å². The highest BCUT2D eigenvalue weighted by Crippen LogP contribution is 2.36. The van der Waals surface area contributed by atoms with Gasteiger partial charge in [-0.15, -0.1) is 0 Å². The zero-order valence-corrected chi connectivity index (χ0v) is 19.4. The molecule has 0 aromatic heterocycles. The molecule has 9 heteroatoms. The van der Waals surface area contributed by atoms with Crippen LogP contribution < -0.4 is 14.2 Å². The standard InChI is InChI=1S/C21H31ClN2O5S/c1-4-12-29-21-18(22)14-16(15-19(21)28-3)6-7-20(25)24-10-8-17(9-11-24)23-30(26,27)13-5-2/h6-7,14-15,17,23H,4-5,8-13H2,1-3H3/b7-6+. The van der Waals surface area contributed by atoms with Crippen LogP contribution in [0.15, 0.2) is 18.2 Å². The van der Waals surface area contributed by atoms with E-state index in [1.54, 1.807) is 30.2 Å². The van der Waals surface area contributed by atoms with Crippen molar-refractivity contribution >= 4 is 33.6 Å². The van der Waals surface area contributed by atoms with E-state index in [0.717, 1.165) is 12.0 Å². The third-order valence-corrected chi connectivity index (χ3v) is 6.67. The van der Waals surface area contributed by atoms with Gasteiger partial charge < -0.3 is 14.4 Å². The van der Waals surface area contributed by atoms with E-state index in [2.05, 4.69) is 4.72 Å². The van der Waals surface area contributed by atoms with Crippen molar-refractivity contribution in [3.63, 3.8) is 0 Å². The van der Waals surface area contributed by atoms with Crippen LogP contribution in [0.5, 0.6) is 11.5 Å². The lowest BCUT2D eigenvalue weighted by atomic mass is 10.1. The number of likely N-dealkylation sites (tertiary alicyclic amines) is 1. The van der Waals surface area contributed by atoms with Crippen LogP contribution in [0.1, 0.15) is 45.1 Å². The quantitative estimate of drug-likeness (QED) is 0.542. The number of nitrogens with one attached hydrogen (secondary N) is 1. The largest absolute Gasteiger partial charge is 0.493 e. The number of ether oxygens (including phenoxy) is 2. The molecule has 1 aromatic rings. The van der Waals surface area contributed by atoms with Crippen molar-refractivity contribution in [2.45, 2.75) is 45.6 Å². The van der Waals surface area contributed by atoms with Gasteiger partial charge in [0, 0.05) is 25.2 Å². The summed E-state index contributed by atoms with van der Waals surface area (Å²) in [5.74, 6) is 1.02. The Kier molecular flexibility index (Phi) is 9.45. The van der Waals surface area contributed by atoms with Crippen molar-refractivity contribution in [1.29, 1.82) is 0 Å². The minimum absolute atomic E-state index is 0.117. The molecule has 0 bridgehead atoms. The first-order valence-electron chi connectivity index (χ1n) is 10.3. The number of carbonyl (C=O) groups excluding carboxylic acids is 1. The van der Waals surface area contributed by atoms with Gasteiger partial charge in [0.05, 0.1) is 24.5 Å². The molecule has 1 aromatic carbocycles. The molecule has 0 saturated carbocycles. The van der Waals surface area contributed by atoms with E-state index >= 15 is 0 Å². The monoisotopic (exact) mass is 458 g/mol. The van der Waals surface area contributed by atoms with E-state index < -0.39 is 10.0 Å². The molecule has 1 N–H and O–H groups in total. The Labute approximate surface area is 184 Å². The number of methoxy groups -OCH3 is 1. The average Bonchev–Trinajstić information content (AvgIpc) is 2.71. The Morgan fingerprint density at radius 1 is 1.27 bits per heavy atom. The van der Waals surface area contributed by atoms with Crippen LogP contribution in [0.4, 0.5) is 0 Å². The van der Waals surface area contributed by atoms with E-state index in [9.17, 15) is 13.2 Å². The maximum Gasteiger partial charge on any atom is 0.246 e. The Bertz CT molecular complexity index is 849. The first kappa shape index (κ1) is 24.5. The molecule has 0 atom stereocenters. The number of benzene rings is 1. The number of nitrogens with zero attached hydrogens (tertiary/aromatic N) is 1. The molecule has 1 saturated heterocycles. The van der Waals surface area contributed by atoms with Crippen LogP contribution in [0.25, 0.3) is 6.08 Å². The lowest BCUT2D eigenvalue weighted by Gasteiger charge is -2.31. The number of amides is 1. The summed E-state index contributed by atoms with van der Waals surface area (Å²) in [7, 11) is -1.69. The summed E-state index contributed by atoms with van der Waals surface area (Å²) >= 11 is 6.31. The third-order valence-electron chi connectivity index (χ3n) is 4.75. The number of piperidine rings is 1. The molecule has 1 heterocycles. The second-order valence-electron chi connectivity index (χ2n) is 7.25.